The van der Waals surface area contributed by atoms with Crippen LogP contribution in [-0.4, -0.2) is 24.0 Å². The second-order valence-corrected chi connectivity index (χ2v) is 4.23. The minimum Gasteiger partial charge on any atom is -0.314 e. The van der Waals surface area contributed by atoms with Crippen molar-refractivity contribution in [2.45, 2.75) is 25.4 Å². The Bertz CT molecular complexity index is 389. The normalized spacial score (nSPS) is 18.2. The lowest BCUT2D eigenvalue weighted by Crippen LogP contribution is -2.34. The smallest absolute Gasteiger partial charge is 0.226 e. The zero-order valence-corrected chi connectivity index (χ0v) is 9.19. The Kier molecular flexibility index (Phi) is 3.53. The molecule has 1 saturated heterocycles. The molecule has 16 heavy (non-hydrogen) atoms. The Labute approximate surface area is 95.5 Å². The van der Waals surface area contributed by atoms with Gasteiger partial charge in [0, 0.05) is 38.0 Å². The second kappa shape index (κ2) is 5.09. The van der Waals surface area contributed by atoms with Gasteiger partial charge in [-0.2, -0.15) is 0 Å². The molecule has 0 N–H and O–H groups in total. The van der Waals surface area contributed by atoms with Crippen molar-refractivity contribution in [2.24, 2.45) is 0 Å². The number of likely N-dealkylation sites (tertiary alicyclic amines) is 1. The van der Waals surface area contributed by atoms with Gasteiger partial charge >= 0.3 is 0 Å². The van der Waals surface area contributed by atoms with Crippen LogP contribution in [0.15, 0.2) is 24.3 Å². The molecule has 1 fully saturated rings. The predicted molar refractivity (Wildman–Crippen MR) is 61.3 cm³/mol. The van der Waals surface area contributed by atoms with Gasteiger partial charge in [0.2, 0.25) is 6.04 Å². The number of halogens is 1. The molecule has 1 aromatic rings. The van der Waals surface area contributed by atoms with Gasteiger partial charge < -0.3 is 4.85 Å². The maximum absolute atomic E-state index is 13.4. The lowest BCUT2D eigenvalue weighted by atomic mass is 10.1. The number of benzene rings is 1. The van der Waals surface area contributed by atoms with E-state index in [4.69, 9.17) is 6.57 Å². The average Bonchev–Trinajstić information content (AvgIpc) is 2.33. The summed E-state index contributed by atoms with van der Waals surface area (Å²) in [6, 6.07) is 7.09. The van der Waals surface area contributed by atoms with Crippen LogP contribution in [0.5, 0.6) is 0 Å². The highest BCUT2D eigenvalue weighted by atomic mass is 19.1. The van der Waals surface area contributed by atoms with Crippen LogP contribution in [0.25, 0.3) is 4.85 Å². The summed E-state index contributed by atoms with van der Waals surface area (Å²) in [5.41, 5.74) is 0.753. The summed E-state index contributed by atoms with van der Waals surface area (Å²) in [6.45, 7) is 9.44. The number of hydrogen-bond donors (Lipinski definition) is 0. The van der Waals surface area contributed by atoms with Crippen molar-refractivity contribution < 1.29 is 4.39 Å². The first-order valence-corrected chi connectivity index (χ1v) is 5.62. The molecule has 0 spiro atoms. The van der Waals surface area contributed by atoms with Crippen LogP contribution in [0.2, 0.25) is 0 Å². The SMILES string of the molecule is [C-]#[N+]C1CCN(Cc2ccccc2F)CC1. The van der Waals surface area contributed by atoms with Gasteiger partial charge in [-0.25, -0.2) is 11.0 Å². The molecule has 0 bridgehead atoms. The van der Waals surface area contributed by atoms with E-state index in [9.17, 15) is 4.39 Å². The minimum atomic E-state index is -0.130. The van der Waals surface area contributed by atoms with Crippen LogP contribution in [0.4, 0.5) is 4.39 Å². The fourth-order valence-electron chi connectivity index (χ4n) is 2.07. The standard InChI is InChI=1S/C13H15FN2/c1-15-12-6-8-16(9-7-12)10-11-4-2-3-5-13(11)14/h2-5,12H,6-10H2. The Morgan fingerprint density at radius 1 is 1.31 bits per heavy atom. The van der Waals surface area contributed by atoms with Gasteiger partial charge in [0.15, 0.2) is 0 Å². The van der Waals surface area contributed by atoms with Crippen LogP contribution < -0.4 is 0 Å². The summed E-state index contributed by atoms with van der Waals surface area (Å²) in [5, 5.41) is 0. The molecule has 2 rings (SSSR count). The van der Waals surface area contributed by atoms with E-state index < -0.39 is 0 Å². The van der Waals surface area contributed by atoms with Crippen molar-refractivity contribution in [1.82, 2.24) is 4.90 Å². The molecule has 0 aromatic heterocycles. The summed E-state index contributed by atoms with van der Waals surface area (Å²) in [5.74, 6) is -0.130. The van der Waals surface area contributed by atoms with Crippen molar-refractivity contribution in [3.8, 4) is 0 Å². The first-order chi connectivity index (χ1) is 7.79. The zero-order chi connectivity index (χ0) is 11.4. The molecule has 1 heterocycles. The number of hydrogen-bond acceptors (Lipinski definition) is 1. The topological polar surface area (TPSA) is 7.60 Å². The van der Waals surface area contributed by atoms with Crippen molar-refractivity contribution in [3.05, 3.63) is 47.1 Å². The molecule has 0 aliphatic carbocycles. The van der Waals surface area contributed by atoms with Crippen molar-refractivity contribution >= 4 is 0 Å². The molecule has 0 saturated carbocycles. The molecule has 84 valence electrons. The molecular formula is C13H15FN2. The summed E-state index contributed by atoms with van der Waals surface area (Å²) in [4.78, 5) is 5.78. The lowest BCUT2D eigenvalue weighted by molar-refractivity contribution is 0.213. The van der Waals surface area contributed by atoms with Crippen molar-refractivity contribution in [3.63, 3.8) is 0 Å². The van der Waals surface area contributed by atoms with E-state index in [-0.39, 0.29) is 11.9 Å². The molecule has 3 heteroatoms. The van der Waals surface area contributed by atoms with Gasteiger partial charge in [0.1, 0.15) is 5.82 Å². The summed E-state index contributed by atoms with van der Waals surface area (Å²) in [7, 11) is 0. The zero-order valence-electron chi connectivity index (χ0n) is 9.19. The Morgan fingerprint density at radius 2 is 2.00 bits per heavy atom. The fourth-order valence-corrected chi connectivity index (χ4v) is 2.07. The van der Waals surface area contributed by atoms with E-state index >= 15 is 0 Å². The molecule has 2 nitrogen and oxygen atoms in total. The molecule has 1 aromatic carbocycles. The van der Waals surface area contributed by atoms with E-state index in [0.717, 1.165) is 31.5 Å². The maximum Gasteiger partial charge on any atom is 0.226 e. The third-order valence-electron chi connectivity index (χ3n) is 3.09. The molecule has 1 aliphatic heterocycles. The van der Waals surface area contributed by atoms with E-state index in [1.165, 1.54) is 6.07 Å². The van der Waals surface area contributed by atoms with Gasteiger partial charge in [-0.05, 0) is 6.07 Å². The molecule has 0 unspecified atom stereocenters. The van der Waals surface area contributed by atoms with Crippen LogP contribution in [0.1, 0.15) is 18.4 Å². The first-order valence-electron chi connectivity index (χ1n) is 5.62. The fraction of sp³-hybridized carbons (Fsp3) is 0.462. The monoisotopic (exact) mass is 218 g/mol. The molecule has 0 atom stereocenters. The van der Waals surface area contributed by atoms with Crippen LogP contribution in [-0.2, 0) is 6.54 Å². The first kappa shape index (κ1) is 11.1. The number of nitrogens with zero attached hydrogens (tertiary/aromatic N) is 2. The highest BCUT2D eigenvalue weighted by Gasteiger charge is 2.22. The van der Waals surface area contributed by atoms with Crippen LogP contribution in [0, 0.1) is 12.4 Å². The van der Waals surface area contributed by atoms with Crippen LogP contribution >= 0.6 is 0 Å². The highest BCUT2D eigenvalue weighted by Crippen LogP contribution is 2.17. The van der Waals surface area contributed by atoms with Gasteiger partial charge in [-0.3, -0.25) is 4.90 Å². The van der Waals surface area contributed by atoms with Gasteiger partial charge in [-0.1, -0.05) is 18.2 Å². The Morgan fingerprint density at radius 3 is 2.62 bits per heavy atom. The summed E-state index contributed by atoms with van der Waals surface area (Å²) >= 11 is 0. The highest BCUT2D eigenvalue weighted by molar-refractivity contribution is 5.17. The molecule has 0 radical (unpaired) electrons. The molecule has 1 aliphatic rings. The number of rotatable bonds is 2. The molecular weight excluding hydrogens is 203 g/mol. The summed E-state index contributed by atoms with van der Waals surface area (Å²) < 4.78 is 13.4. The van der Waals surface area contributed by atoms with E-state index in [2.05, 4.69) is 9.74 Å². The predicted octanol–water partition coefficient (Wildman–Crippen LogP) is 2.71. The van der Waals surface area contributed by atoms with E-state index in [1.54, 1.807) is 6.07 Å². The van der Waals surface area contributed by atoms with Crippen molar-refractivity contribution in [2.75, 3.05) is 13.1 Å². The largest absolute Gasteiger partial charge is 0.314 e. The van der Waals surface area contributed by atoms with Gasteiger partial charge in [0.05, 0.1) is 0 Å². The summed E-state index contributed by atoms with van der Waals surface area (Å²) in [6.07, 6.45) is 1.83. The van der Waals surface area contributed by atoms with Crippen LogP contribution in [0.3, 0.4) is 0 Å². The van der Waals surface area contributed by atoms with Crippen molar-refractivity contribution in [1.29, 1.82) is 0 Å². The van der Waals surface area contributed by atoms with E-state index in [0.29, 0.717) is 6.54 Å². The number of piperidine rings is 1. The quantitative estimate of drug-likeness (QED) is 0.692. The Hall–Kier alpha value is -1.40. The lowest BCUT2D eigenvalue weighted by Gasteiger charge is -2.27. The Balaban J connectivity index is 1.93. The van der Waals surface area contributed by atoms with Gasteiger partial charge in [-0.15, -0.1) is 0 Å². The van der Waals surface area contributed by atoms with E-state index in [1.807, 2.05) is 12.1 Å². The third-order valence-corrected chi connectivity index (χ3v) is 3.09. The minimum absolute atomic E-state index is 0.130. The second-order valence-electron chi connectivity index (χ2n) is 4.23. The molecule has 0 amide bonds. The maximum atomic E-state index is 13.4. The van der Waals surface area contributed by atoms with Gasteiger partial charge in [0.25, 0.3) is 0 Å². The average molecular weight is 218 g/mol. The third kappa shape index (κ3) is 2.59.